The quantitative estimate of drug-likeness (QED) is 0.790. The Hall–Kier alpha value is -0.420. The van der Waals surface area contributed by atoms with Crippen LogP contribution in [0.2, 0.25) is 0 Å². The van der Waals surface area contributed by atoms with Crippen molar-refractivity contribution in [1.29, 1.82) is 0 Å². The molecule has 21 heavy (non-hydrogen) atoms. The summed E-state index contributed by atoms with van der Waals surface area (Å²) in [5.74, 6) is 0.573. The lowest BCUT2D eigenvalue weighted by Gasteiger charge is -2.24. The third kappa shape index (κ3) is 3.19. The van der Waals surface area contributed by atoms with E-state index in [9.17, 15) is 0 Å². The molecule has 4 heteroatoms. The largest absolute Gasteiger partial charge is 0.378 e. The van der Waals surface area contributed by atoms with Crippen LogP contribution in [0.25, 0.3) is 10.1 Å². The van der Waals surface area contributed by atoms with Crippen molar-refractivity contribution in [1.82, 2.24) is 5.32 Å². The fourth-order valence-electron chi connectivity index (χ4n) is 3.20. The normalized spacial score (nSPS) is 23.8. The molecule has 0 saturated carbocycles. The molecule has 0 spiro atoms. The summed E-state index contributed by atoms with van der Waals surface area (Å²) in [6.45, 7) is 6.33. The molecule has 1 aliphatic rings. The molecular weight excluding hydrogens is 346 g/mol. The van der Waals surface area contributed by atoms with Crippen LogP contribution < -0.4 is 5.32 Å². The van der Waals surface area contributed by atoms with Gasteiger partial charge in [0.1, 0.15) is 0 Å². The van der Waals surface area contributed by atoms with E-state index in [-0.39, 0.29) is 0 Å². The molecule has 2 heterocycles. The summed E-state index contributed by atoms with van der Waals surface area (Å²) in [7, 11) is 0. The predicted octanol–water partition coefficient (Wildman–Crippen LogP) is 5.13. The fourth-order valence-corrected chi connectivity index (χ4v) is 4.85. The van der Waals surface area contributed by atoms with E-state index < -0.39 is 0 Å². The number of rotatable bonds is 5. The summed E-state index contributed by atoms with van der Waals surface area (Å²) >= 11 is 5.50. The Morgan fingerprint density at radius 1 is 1.48 bits per heavy atom. The molecule has 0 aliphatic carbocycles. The molecule has 0 amide bonds. The summed E-state index contributed by atoms with van der Waals surface area (Å²) in [6, 6.07) is 6.90. The van der Waals surface area contributed by atoms with Crippen molar-refractivity contribution in [3.05, 3.63) is 33.6 Å². The van der Waals surface area contributed by atoms with Gasteiger partial charge in [0.05, 0.1) is 12.7 Å². The molecule has 2 aromatic rings. The van der Waals surface area contributed by atoms with Crippen LogP contribution in [0, 0.1) is 5.92 Å². The predicted molar refractivity (Wildman–Crippen MR) is 94.1 cm³/mol. The number of fused-ring (bicyclic) bond motifs is 1. The van der Waals surface area contributed by atoms with Crippen molar-refractivity contribution < 1.29 is 4.74 Å². The van der Waals surface area contributed by atoms with Crippen molar-refractivity contribution in [2.75, 3.05) is 13.2 Å². The van der Waals surface area contributed by atoms with E-state index in [2.05, 4.69) is 58.7 Å². The monoisotopic (exact) mass is 367 g/mol. The molecule has 1 N–H and O–H groups in total. The molecule has 3 rings (SSSR count). The molecule has 2 nitrogen and oxygen atoms in total. The van der Waals surface area contributed by atoms with Crippen LogP contribution in [0.4, 0.5) is 0 Å². The second kappa shape index (κ2) is 6.78. The van der Waals surface area contributed by atoms with Gasteiger partial charge in [0.2, 0.25) is 0 Å². The molecule has 0 bridgehead atoms. The summed E-state index contributed by atoms with van der Waals surface area (Å²) in [5.41, 5.74) is 1.44. The number of hydrogen-bond donors (Lipinski definition) is 1. The van der Waals surface area contributed by atoms with Gasteiger partial charge in [-0.1, -0.05) is 19.1 Å². The fraction of sp³-hybridized carbons (Fsp3) is 0.529. The molecule has 1 aliphatic heterocycles. The average molecular weight is 368 g/mol. The maximum Gasteiger partial charge on any atom is 0.0551 e. The first-order chi connectivity index (χ1) is 10.2. The van der Waals surface area contributed by atoms with Crippen LogP contribution in [0.15, 0.2) is 28.1 Å². The van der Waals surface area contributed by atoms with Crippen LogP contribution in [-0.4, -0.2) is 19.3 Å². The van der Waals surface area contributed by atoms with Crippen molar-refractivity contribution >= 4 is 37.4 Å². The van der Waals surface area contributed by atoms with Gasteiger partial charge in [-0.25, -0.2) is 0 Å². The highest BCUT2D eigenvalue weighted by atomic mass is 79.9. The third-order valence-corrected chi connectivity index (χ3v) is 6.20. The SMILES string of the molecule is CCCNC(c1csc2c(Br)cccc12)C1COC(C)C1. The first-order valence-electron chi connectivity index (χ1n) is 7.71. The number of thiophene rings is 1. The summed E-state index contributed by atoms with van der Waals surface area (Å²) in [6.07, 6.45) is 2.69. The van der Waals surface area contributed by atoms with Gasteiger partial charge in [0, 0.05) is 21.1 Å². The van der Waals surface area contributed by atoms with Gasteiger partial charge in [-0.15, -0.1) is 11.3 Å². The van der Waals surface area contributed by atoms with Crippen molar-refractivity contribution in [3.8, 4) is 0 Å². The Labute approximate surface area is 139 Å². The molecule has 1 fully saturated rings. The summed E-state index contributed by atoms with van der Waals surface area (Å²) in [5, 5.41) is 7.46. The third-order valence-electron chi connectivity index (χ3n) is 4.23. The molecule has 3 unspecified atom stereocenters. The first-order valence-corrected chi connectivity index (χ1v) is 9.38. The van der Waals surface area contributed by atoms with E-state index in [1.54, 1.807) is 0 Å². The Bertz CT molecular complexity index is 612. The lowest BCUT2D eigenvalue weighted by molar-refractivity contribution is 0.117. The number of hydrogen-bond acceptors (Lipinski definition) is 3. The molecule has 1 saturated heterocycles. The molecule has 1 aromatic carbocycles. The Balaban J connectivity index is 1.95. The molecule has 3 atom stereocenters. The van der Waals surface area contributed by atoms with Gasteiger partial charge >= 0.3 is 0 Å². The molecular formula is C17H22BrNOS. The Kier molecular flexibility index (Phi) is 4.99. The Morgan fingerprint density at radius 2 is 2.33 bits per heavy atom. The van der Waals surface area contributed by atoms with Crippen molar-refractivity contribution in [2.24, 2.45) is 5.92 Å². The minimum absolute atomic E-state index is 0.387. The minimum atomic E-state index is 0.387. The van der Waals surface area contributed by atoms with Crippen molar-refractivity contribution in [2.45, 2.75) is 38.8 Å². The Morgan fingerprint density at radius 3 is 3.05 bits per heavy atom. The van der Waals surface area contributed by atoms with Gasteiger partial charge in [0.15, 0.2) is 0 Å². The van der Waals surface area contributed by atoms with E-state index in [0.29, 0.717) is 18.1 Å². The molecule has 1 aromatic heterocycles. The summed E-state index contributed by atoms with van der Waals surface area (Å²) in [4.78, 5) is 0. The van der Waals surface area contributed by atoms with Crippen LogP contribution in [0.1, 0.15) is 38.3 Å². The van der Waals surface area contributed by atoms with Gasteiger partial charge in [-0.05, 0) is 64.6 Å². The highest BCUT2D eigenvalue weighted by Crippen LogP contribution is 2.40. The topological polar surface area (TPSA) is 21.3 Å². The second-order valence-corrected chi connectivity index (χ2v) is 7.61. The van der Waals surface area contributed by atoms with Gasteiger partial charge in [-0.3, -0.25) is 0 Å². The number of benzene rings is 1. The van der Waals surface area contributed by atoms with Gasteiger partial charge in [0.25, 0.3) is 0 Å². The smallest absolute Gasteiger partial charge is 0.0551 e. The summed E-state index contributed by atoms with van der Waals surface area (Å²) < 4.78 is 8.36. The zero-order chi connectivity index (χ0) is 14.8. The lowest BCUT2D eigenvalue weighted by Crippen LogP contribution is -2.29. The van der Waals surface area contributed by atoms with Crippen LogP contribution in [0.5, 0.6) is 0 Å². The van der Waals surface area contributed by atoms with E-state index >= 15 is 0 Å². The molecule has 114 valence electrons. The zero-order valence-electron chi connectivity index (χ0n) is 12.6. The zero-order valence-corrected chi connectivity index (χ0v) is 15.0. The van der Waals surface area contributed by atoms with Crippen LogP contribution >= 0.6 is 27.3 Å². The maximum absolute atomic E-state index is 5.81. The van der Waals surface area contributed by atoms with E-state index in [4.69, 9.17) is 4.74 Å². The molecule has 0 radical (unpaired) electrons. The van der Waals surface area contributed by atoms with E-state index in [0.717, 1.165) is 26.0 Å². The van der Waals surface area contributed by atoms with E-state index in [1.165, 1.54) is 20.1 Å². The second-order valence-electron chi connectivity index (χ2n) is 5.88. The number of nitrogens with one attached hydrogen (secondary N) is 1. The maximum atomic E-state index is 5.81. The first kappa shape index (κ1) is 15.5. The van der Waals surface area contributed by atoms with Crippen LogP contribution in [-0.2, 0) is 4.74 Å². The number of ether oxygens (including phenoxy) is 1. The highest BCUT2D eigenvalue weighted by Gasteiger charge is 2.31. The minimum Gasteiger partial charge on any atom is -0.378 e. The van der Waals surface area contributed by atoms with Gasteiger partial charge < -0.3 is 10.1 Å². The van der Waals surface area contributed by atoms with Crippen LogP contribution in [0.3, 0.4) is 0 Å². The number of halogens is 1. The lowest BCUT2D eigenvalue weighted by atomic mass is 9.90. The van der Waals surface area contributed by atoms with Gasteiger partial charge in [-0.2, -0.15) is 0 Å². The average Bonchev–Trinajstić information content (AvgIpc) is 3.08. The van der Waals surface area contributed by atoms with E-state index in [1.807, 2.05) is 11.3 Å². The standard InChI is InChI=1S/C17H22BrNOS/c1-3-7-19-16(12-8-11(2)20-9-12)14-10-21-17-13(14)5-4-6-15(17)18/h4-6,10-12,16,19H,3,7-9H2,1-2H3. The highest BCUT2D eigenvalue weighted by molar-refractivity contribution is 9.10. The van der Waals surface area contributed by atoms with Crippen molar-refractivity contribution in [3.63, 3.8) is 0 Å².